The van der Waals surface area contributed by atoms with E-state index < -0.39 is 11.6 Å². The van der Waals surface area contributed by atoms with Crippen LogP contribution in [0.1, 0.15) is 29.2 Å². The Labute approximate surface area is 231 Å². The second kappa shape index (κ2) is 12.3. The van der Waals surface area contributed by atoms with Crippen LogP contribution in [0.3, 0.4) is 0 Å². The van der Waals surface area contributed by atoms with E-state index in [1.54, 1.807) is 7.11 Å². The lowest BCUT2D eigenvalue weighted by molar-refractivity contribution is -0.153. The van der Waals surface area contributed by atoms with Gasteiger partial charge < -0.3 is 9.47 Å². The van der Waals surface area contributed by atoms with E-state index in [1.165, 1.54) is 16.7 Å². The van der Waals surface area contributed by atoms with Gasteiger partial charge in [0.1, 0.15) is 11.8 Å². The number of nitrogens with zero attached hydrogens (tertiary/aromatic N) is 2. The van der Waals surface area contributed by atoms with Crippen molar-refractivity contribution in [3.8, 4) is 5.75 Å². The number of rotatable bonds is 9. The van der Waals surface area contributed by atoms with Crippen molar-refractivity contribution in [3.05, 3.63) is 138 Å². The van der Waals surface area contributed by atoms with E-state index in [0.717, 1.165) is 17.9 Å². The molecule has 0 radical (unpaired) electrons. The standard InChI is InChI=1S/C34H36N2O3/c1-3-39-33(37)31-26-36(24-23-35(31)25-27-15-13-14-22-32(27)38-2)34(28-16-7-4-8-17-28,29-18-9-5-10-19-29)30-20-11-6-12-21-30/h4-22,31H,3,23-26H2,1-2H3. The molecule has 39 heavy (non-hydrogen) atoms. The number of benzene rings is 4. The highest BCUT2D eigenvalue weighted by Crippen LogP contribution is 2.43. The number of para-hydroxylation sites is 1. The zero-order valence-electron chi connectivity index (χ0n) is 22.7. The minimum Gasteiger partial charge on any atom is -0.496 e. The summed E-state index contributed by atoms with van der Waals surface area (Å²) in [6.45, 7) is 4.81. The quantitative estimate of drug-likeness (QED) is 0.208. The van der Waals surface area contributed by atoms with E-state index in [2.05, 4.69) is 107 Å². The van der Waals surface area contributed by atoms with Crippen molar-refractivity contribution < 1.29 is 14.3 Å². The van der Waals surface area contributed by atoms with Crippen molar-refractivity contribution >= 4 is 5.97 Å². The molecule has 0 bridgehead atoms. The van der Waals surface area contributed by atoms with Gasteiger partial charge in [-0.3, -0.25) is 14.6 Å². The Kier molecular flexibility index (Phi) is 8.40. The van der Waals surface area contributed by atoms with Gasteiger partial charge in [-0.15, -0.1) is 0 Å². The molecule has 4 aromatic carbocycles. The highest BCUT2D eigenvalue weighted by molar-refractivity contribution is 5.76. The minimum absolute atomic E-state index is 0.194. The number of piperazine rings is 1. The van der Waals surface area contributed by atoms with Gasteiger partial charge in [-0.1, -0.05) is 109 Å². The fraction of sp³-hybridized carbons (Fsp3) is 0.265. The molecule has 0 aromatic heterocycles. The minimum atomic E-state index is -0.578. The van der Waals surface area contributed by atoms with Crippen LogP contribution in [0.2, 0.25) is 0 Å². The van der Waals surface area contributed by atoms with E-state index >= 15 is 0 Å². The molecule has 0 aliphatic carbocycles. The molecule has 0 spiro atoms. The van der Waals surface area contributed by atoms with Crippen molar-refractivity contribution in [2.24, 2.45) is 0 Å². The molecular formula is C34H36N2O3. The van der Waals surface area contributed by atoms with Gasteiger partial charge >= 0.3 is 5.97 Å². The molecule has 1 aliphatic rings. The van der Waals surface area contributed by atoms with Gasteiger partial charge in [-0.25, -0.2) is 0 Å². The number of hydrogen-bond acceptors (Lipinski definition) is 5. The molecule has 5 nitrogen and oxygen atoms in total. The van der Waals surface area contributed by atoms with Crippen molar-refractivity contribution in [2.45, 2.75) is 25.0 Å². The Morgan fingerprint density at radius 2 is 1.28 bits per heavy atom. The second-order valence-corrected chi connectivity index (χ2v) is 9.80. The Bertz CT molecular complexity index is 1250. The number of carbonyl (C=O) groups is 1. The number of esters is 1. The number of hydrogen-bond donors (Lipinski definition) is 0. The van der Waals surface area contributed by atoms with Gasteiger partial charge in [-0.05, 0) is 29.7 Å². The molecular weight excluding hydrogens is 484 g/mol. The zero-order valence-corrected chi connectivity index (χ0v) is 22.7. The monoisotopic (exact) mass is 520 g/mol. The summed E-state index contributed by atoms with van der Waals surface area (Å²) in [7, 11) is 1.69. The van der Waals surface area contributed by atoms with Crippen LogP contribution in [0.4, 0.5) is 0 Å². The second-order valence-electron chi connectivity index (χ2n) is 9.80. The van der Waals surface area contributed by atoms with Crippen molar-refractivity contribution in [1.82, 2.24) is 9.80 Å². The molecule has 1 atom stereocenters. The van der Waals surface area contributed by atoms with Crippen LogP contribution in [-0.4, -0.2) is 55.2 Å². The molecule has 1 saturated heterocycles. The topological polar surface area (TPSA) is 42.0 Å². The summed E-state index contributed by atoms with van der Waals surface area (Å²) in [6.07, 6.45) is 0. The van der Waals surface area contributed by atoms with E-state index in [-0.39, 0.29) is 5.97 Å². The first kappa shape index (κ1) is 26.7. The molecule has 1 aliphatic heterocycles. The Morgan fingerprint density at radius 3 is 1.79 bits per heavy atom. The summed E-state index contributed by atoms with van der Waals surface area (Å²) in [4.78, 5) is 18.2. The van der Waals surface area contributed by atoms with E-state index in [9.17, 15) is 4.79 Å². The Balaban J connectivity index is 1.61. The maximum Gasteiger partial charge on any atom is 0.324 e. The normalized spacial score (nSPS) is 16.5. The molecule has 1 unspecified atom stereocenters. The fourth-order valence-corrected chi connectivity index (χ4v) is 5.91. The molecule has 200 valence electrons. The molecule has 5 heteroatoms. The number of ether oxygens (including phenoxy) is 2. The van der Waals surface area contributed by atoms with Crippen LogP contribution in [0.5, 0.6) is 5.75 Å². The van der Waals surface area contributed by atoms with Crippen molar-refractivity contribution in [2.75, 3.05) is 33.4 Å². The fourth-order valence-electron chi connectivity index (χ4n) is 5.91. The summed E-state index contributed by atoms with van der Waals surface area (Å²) in [5.41, 5.74) is 3.99. The number of carbonyl (C=O) groups excluding carboxylic acids is 1. The Morgan fingerprint density at radius 1 is 0.769 bits per heavy atom. The lowest BCUT2D eigenvalue weighted by Crippen LogP contribution is -2.62. The molecule has 5 rings (SSSR count). The van der Waals surface area contributed by atoms with Crippen LogP contribution in [0.15, 0.2) is 115 Å². The van der Waals surface area contributed by atoms with Gasteiger partial charge in [0, 0.05) is 31.7 Å². The Hall–Kier alpha value is -3.93. The largest absolute Gasteiger partial charge is 0.496 e. The SMILES string of the molecule is CCOC(=O)C1CN(C(c2ccccc2)(c2ccccc2)c2ccccc2)CCN1Cc1ccccc1OC. The summed E-state index contributed by atoms with van der Waals surface area (Å²) in [5.74, 6) is 0.634. The molecule has 0 N–H and O–H groups in total. The molecule has 1 heterocycles. The lowest BCUT2D eigenvalue weighted by Gasteiger charge is -2.51. The smallest absolute Gasteiger partial charge is 0.324 e. The highest BCUT2D eigenvalue weighted by atomic mass is 16.5. The predicted molar refractivity (Wildman–Crippen MR) is 155 cm³/mol. The first-order chi connectivity index (χ1) is 19.2. The van der Waals surface area contributed by atoms with E-state index in [1.807, 2.05) is 25.1 Å². The maximum absolute atomic E-state index is 13.5. The first-order valence-electron chi connectivity index (χ1n) is 13.6. The van der Waals surface area contributed by atoms with Crippen LogP contribution in [0.25, 0.3) is 0 Å². The summed E-state index contributed by atoms with van der Waals surface area (Å²) in [6, 6.07) is 39.5. The third-order valence-electron chi connectivity index (χ3n) is 7.66. The van der Waals surface area contributed by atoms with Gasteiger partial charge in [0.25, 0.3) is 0 Å². The molecule has 0 saturated carbocycles. The average Bonchev–Trinajstić information content (AvgIpc) is 3.00. The van der Waals surface area contributed by atoms with Crippen LogP contribution >= 0.6 is 0 Å². The predicted octanol–water partition coefficient (Wildman–Crippen LogP) is 5.74. The lowest BCUT2D eigenvalue weighted by atomic mass is 9.75. The van der Waals surface area contributed by atoms with Gasteiger partial charge in [-0.2, -0.15) is 0 Å². The third-order valence-corrected chi connectivity index (χ3v) is 7.66. The van der Waals surface area contributed by atoms with E-state index in [0.29, 0.717) is 26.2 Å². The van der Waals surface area contributed by atoms with Crippen molar-refractivity contribution in [1.29, 1.82) is 0 Å². The highest BCUT2D eigenvalue weighted by Gasteiger charge is 2.46. The molecule has 4 aromatic rings. The average molecular weight is 521 g/mol. The third kappa shape index (κ3) is 5.33. The molecule has 1 fully saturated rings. The van der Waals surface area contributed by atoms with Crippen LogP contribution in [-0.2, 0) is 21.6 Å². The molecule has 0 amide bonds. The van der Waals surface area contributed by atoms with Crippen LogP contribution < -0.4 is 4.74 Å². The zero-order chi connectivity index (χ0) is 27.1. The number of methoxy groups -OCH3 is 1. The first-order valence-corrected chi connectivity index (χ1v) is 13.6. The summed E-state index contributed by atoms with van der Waals surface area (Å²) in [5, 5.41) is 0. The van der Waals surface area contributed by atoms with Gasteiger partial charge in [0.15, 0.2) is 0 Å². The van der Waals surface area contributed by atoms with Crippen molar-refractivity contribution in [3.63, 3.8) is 0 Å². The van der Waals surface area contributed by atoms with Gasteiger partial charge in [0.2, 0.25) is 0 Å². The maximum atomic E-state index is 13.5. The summed E-state index contributed by atoms with van der Waals surface area (Å²) < 4.78 is 11.3. The van der Waals surface area contributed by atoms with E-state index in [4.69, 9.17) is 9.47 Å². The van der Waals surface area contributed by atoms with Crippen LogP contribution in [0, 0.1) is 0 Å². The van der Waals surface area contributed by atoms with Gasteiger partial charge in [0.05, 0.1) is 19.3 Å². The summed E-state index contributed by atoms with van der Waals surface area (Å²) >= 11 is 0.